The van der Waals surface area contributed by atoms with E-state index in [1.54, 1.807) is 6.20 Å². The number of rotatable bonds is 4. The topological polar surface area (TPSA) is 51.3 Å². The summed E-state index contributed by atoms with van der Waals surface area (Å²) in [5, 5.41) is 0. The van der Waals surface area contributed by atoms with Gasteiger partial charge in [0.25, 0.3) is 0 Å². The molecule has 3 aromatic rings. The van der Waals surface area contributed by atoms with Crippen molar-refractivity contribution in [1.29, 1.82) is 0 Å². The maximum atomic E-state index is 5.98. The molecule has 1 unspecified atom stereocenters. The Labute approximate surface area is 130 Å². The van der Waals surface area contributed by atoms with Crippen molar-refractivity contribution in [3.63, 3.8) is 0 Å². The summed E-state index contributed by atoms with van der Waals surface area (Å²) in [6.45, 7) is 0. The first-order chi connectivity index (χ1) is 10.8. The zero-order valence-electron chi connectivity index (χ0n) is 12.1. The molecule has 0 saturated heterocycles. The molecule has 3 nitrogen and oxygen atoms in total. The van der Waals surface area contributed by atoms with Crippen molar-refractivity contribution in [2.75, 3.05) is 5.73 Å². The summed E-state index contributed by atoms with van der Waals surface area (Å²) in [7, 11) is 0. The summed E-state index contributed by atoms with van der Waals surface area (Å²) in [4.78, 5) is 9.17. The zero-order chi connectivity index (χ0) is 15.2. The first-order valence-corrected chi connectivity index (χ1v) is 7.18. The Morgan fingerprint density at radius 1 is 0.864 bits per heavy atom. The van der Waals surface area contributed by atoms with Crippen molar-refractivity contribution in [2.45, 2.75) is 6.04 Å². The number of nitrogen functional groups attached to an aromatic ring is 1. The van der Waals surface area contributed by atoms with Crippen LogP contribution in [0.5, 0.6) is 0 Å². The SMILES string of the molecule is Nc1ccccc1C=NC(c1ccccc1)c1ccccn1. The lowest BCUT2D eigenvalue weighted by atomic mass is 10.0. The Kier molecular flexibility index (Phi) is 4.25. The number of benzene rings is 2. The van der Waals surface area contributed by atoms with Gasteiger partial charge in [-0.25, -0.2) is 0 Å². The van der Waals surface area contributed by atoms with Gasteiger partial charge in [0.1, 0.15) is 6.04 Å². The number of anilines is 1. The fourth-order valence-corrected chi connectivity index (χ4v) is 2.29. The lowest BCUT2D eigenvalue weighted by molar-refractivity contribution is 0.835. The van der Waals surface area contributed by atoms with E-state index in [2.05, 4.69) is 17.1 Å². The minimum Gasteiger partial charge on any atom is -0.398 e. The average molecular weight is 287 g/mol. The van der Waals surface area contributed by atoms with Crippen LogP contribution in [-0.2, 0) is 0 Å². The van der Waals surface area contributed by atoms with Crippen molar-refractivity contribution in [3.8, 4) is 0 Å². The van der Waals surface area contributed by atoms with Gasteiger partial charge in [-0.1, -0.05) is 54.6 Å². The fraction of sp³-hybridized carbons (Fsp3) is 0.0526. The second-order valence-electron chi connectivity index (χ2n) is 4.97. The van der Waals surface area contributed by atoms with Gasteiger partial charge in [-0.2, -0.15) is 0 Å². The molecule has 2 aromatic carbocycles. The highest BCUT2D eigenvalue weighted by Gasteiger charge is 2.12. The van der Waals surface area contributed by atoms with Crippen LogP contribution in [0, 0.1) is 0 Å². The molecule has 0 aliphatic heterocycles. The summed E-state index contributed by atoms with van der Waals surface area (Å²) in [5.74, 6) is 0. The summed E-state index contributed by atoms with van der Waals surface area (Å²) < 4.78 is 0. The summed E-state index contributed by atoms with van der Waals surface area (Å²) in [6, 6.07) is 23.6. The number of aliphatic imine (C=N–C) groups is 1. The second-order valence-corrected chi connectivity index (χ2v) is 4.97. The lowest BCUT2D eigenvalue weighted by Gasteiger charge is -2.12. The van der Waals surface area contributed by atoms with Gasteiger partial charge in [0, 0.05) is 23.7 Å². The minimum absolute atomic E-state index is 0.137. The van der Waals surface area contributed by atoms with Crippen LogP contribution in [-0.4, -0.2) is 11.2 Å². The van der Waals surface area contributed by atoms with Crippen molar-refractivity contribution in [3.05, 3.63) is 95.8 Å². The summed E-state index contributed by atoms with van der Waals surface area (Å²) in [6.07, 6.45) is 3.61. The molecule has 22 heavy (non-hydrogen) atoms. The van der Waals surface area contributed by atoms with E-state index in [9.17, 15) is 0 Å². The molecule has 0 radical (unpaired) electrons. The highest BCUT2D eigenvalue weighted by atomic mass is 14.8. The first-order valence-electron chi connectivity index (χ1n) is 7.18. The Bertz CT molecular complexity index is 712. The van der Waals surface area contributed by atoms with E-state index >= 15 is 0 Å². The number of pyridine rings is 1. The van der Waals surface area contributed by atoms with Crippen LogP contribution in [0.25, 0.3) is 0 Å². The van der Waals surface area contributed by atoms with Gasteiger partial charge in [0.05, 0.1) is 5.69 Å². The number of nitrogens with two attached hydrogens (primary N) is 1. The monoisotopic (exact) mass is 287 g/mol. The molecule has 0 aliphatic carbocycles. The van der Waals surface area contributed by atoms with Gasteiger partial charge in [0.2, 0.25) is 0 Å². The molecule has 3 heteroatoms. The molecule has 2 N–H and O–H groups in total. The van der Waals surface area contributed by atoms with Crippen molar-refractivity contribution in [2.24, 2.45) is 4.99 Å². The van der Waals surface area contributed by atoms with Gasteiger partial charge in [-0.05, 0) is 23.8 Å². The standard InChI is InChI=1S/C19H17N3/c20-17-11-5-4-10-16(17)14-22-19(15-8-2-1-3-9-15)18-12-6-7-13-21-18/h1-14,19H,20H2. The van der Waals surface area contributed by atoms with Crippen LogP contribution in [0.3, 0.4) is 0 Å². The molecule has 0 spiro atoms. The maximum Gasteiger partial charge on any atom is 0.117 e. The van der Waals surface area contributed by atoms with Gasteiger partial charge >= 0.3 is 0 Å². The van der Waals surface area contributed by atoms with Crippen LogP contribution in [0.15, 0.2) is 84.0 Å². The van der Waals surface area contributed by atoms with E-state index in [0.717, 1.165) is 22.5 Å². The fourth-order valence-electron chi connectivity index (χ4n) is 2.29. The molecule has 0 amide bonds. The largest absolute Gasteiger partial charge is 0.398 e. The van der Waals surface area contributed by atoms with Crippen molar-refractivity contribution in [1.82, 2.24) is 4.98 Å². The van der Waals surface area contributed by atoms with Crippen LogP contribution < -0.4 is 5.73 Å². The highest BCUT2D eigenvalue weighted by Crippen LogP contribution is 2.24. The number of nitrogens with zero attached hydrogens (tertiary/aromatic N) is 2. The molecule has 1 atom stereocenters. The average Bonchev–Trinajstić information content (AvgIpc) is 2.59. The molecule has 0 aliphatic rings. The van der Waals surface area contributed by atoms with Crippen LogP contribution in [0.1, 0.15) is 22.9 Å². The second kappa shape index (κ2) is 6.68. The quantitative estimate of drug-likeness (QED) is 0.585. The third kappa shape index (κ3) is 3.20. The highest BCUT2D eigenvalue weighted by molar-refractivity contribution is 5.87. The molecule has 108 valence electrons. The van der Waals surface area contributed by atoms with E-state index in [-0.39, 0.29) is 6.04 Å². The Balaban J connectivity index is 1.98. The third-order valence-corrected chi connectivity index (χ3v) is 3.44. The molecule has 0 bridgehead atoms. The Morgan fingerprint density at radius 2 is 1.59 bits per heavy atom. The van der Waals surface area contributed by atoms with E-state index in [0.29, 0.717) is 0 Å². The minimum atomic E-state index is -0.137. The number of hydrogen-bond donors (Lipinski definition) is 1. The zero-order valence-corrected chi connectivity index (χ0v) is 12.1. The van der Waals surface area contributed by atoms with E-state index in [1.165, 1.54) is 0 Å². The normalized spacial score (nSPS) is 12.4. The smallest absolute Gasteiger partial charge is 0.117 e. The van der Waals surface area contributed by atoms with Gasteiger partial charge in [-0.3, -0.25) is 9.98 Å². The van der Waals surface area contributed by atoms with Gasteiger partial charge < -0.3 is 5.73 Å². The number of para-hydroxylation sites is 1. The number of hydrogen-bond acceptors (Lipinski definition) is 3. The number of aromatic nitrogens is 1. The van der Waals surface area contributed by atoms with E-state index in [1.807, 2.05) is 66.9 Å². The Hall–Kier alpha value is -2.94. The molecule has 1 heterocycles. The molecular weight excluding hydrogens is 270 g/mol. The molecule has 3 rings (SSSR count). The van der Waals surface area contributed by atoms with Gasteiger partial charge in [-0.15, -0.1) is 0 Å². The molecular formula is C19H17N3. The van der Waals surface area contributed by atoms with Crippen LogP contribution in [0.4, 0.5) is 5.69 Å². The summed E-state index contributed by atoms with van der Waals surface area (Å²) in [5.41, 5.74) is 9.63. The van der Waals surface area contributed by atoms with Crippen molar-refractivity contribution < 1.29 is 0 Å². The molecule has 0 saturated carbocycles. The predicted octanol–water partition coefficient (Wildman–Crippen LogP) is 3.87. The molecule has 0 fully saturated rings. The Morgan fingerprint density at radius 3 is 2.32 bits per heavy atom. The van der Waals surface area contributed by atoms with Gasteiger partial charge in [0.15, 0.2) is 0 Å². The summed E-state index contributed by atoms with van der Waals surface area (Å²) >= 11 is 0. The third-order valence-electron chi connectivity index (χ3n) is 3.44. The van der Waals surface area contributed by atoms with E-state index in [4.69, 9.17) is 10.7 Å². The van der Waals surface area contributed by atoms with Crippen LogP contribution >= 0.6 is 0 Å². The van der Waals surface area contributed by atoms with Crippen molar-refractivity contribution >= 4 is 11.9 Å². The van der Waals surface area contributed by atoms with E-state index < -0.39 is 0 Å². The molecule has 1 aromatic heterocycles. The lowest BCUT2D eigenvalue weighted by Crippen LogP contribution is -2.02. The van der Waals surface area contributed by atoms with Crippen LogP contribution in [0.2, 0.25) is 0 Å². The first kappa shape index (κ1) is 14.0. The predicted molar refractivity (Wildman–Crippen MR) is 91.0 cm³/mol. The maximum absolute atomic E-state index is 5.98.